The first-order valence-electron chi connectivity index (χ1n) is 13.8. The third kappa shape index (κ3) is 5.08. The van der Waals surface area contributed by atoms with E-state index < -0.39 is 17.7 Å². The molecule has 9 rings (SSSR count). The summed E-state index contributed by atoms with van der Waals surface area (Å²) >= 11 is 6.87. The van der Waals surface area contributed by atoms with Crippen molar-refractivity contribution >= 4 is 34.5 Å². The van der Waals surface area contributed by atoms with E-state index in [1.807, 2.05) is 41.1 Å². The number of hydrogen-bond acceptors (Lipinski definition) is 4. The maximum Gasteiger partial charge on any atom is 0.304 e. The molecule has 9 bridgehead atoms. The Morgan fingerprint density at radius 1 is 1.00 bits per heavy atom. The summed E-state index contributed by atoms with van der Waals surface area (Å²) < 4.78 is 16.9. The molecule has 0 spiro atoms. The van der Waals surface area contributed by atoms with Crippen molar-refractivity contribution in [2.45, 2.75) is 64.0 Å². The van der Waals surface area contributed by atoms with E-state index >= 15 is 4.39 Å². The largest absolute Gasteiger partial charge is 0.481 e. The smallest absolute Gasteiger partial charge is 0.304 e. The molecular weight excluding hydrogens is 531 g/mol. The summed E-state index contributed by atoms with van der Waals surface area (Å²) in [5, 5.41) is 18.9. The third-order valence-electron chi connectivity index (χ3n) is 8.19. The lowest BCUT2D eigenvalue weighted by Gasteiger charge is -2.30. The van der Waals surface area contributed by atoms with Gasteiger partial charge in [0.15, 0.2) is 0 Å². The van der Waals surface area contributed by atoms with E-state index in [2.05, 4.69) is 10.3 Å². The summed E-state index contributed by atoms with van der Waals surface area (Å²) in [5.41, 5.74) is 5.85. The molecule has 1 unspecified atom stereocenters. The Balaban J connectivity index is 1.42. The summed E-state index contributed by atoms with van der Waals surface area (Å²) in [4.78, 5) is 27.0. The Morgan fingerprint density at radius 3 is 2.67 bits per heavy atom. The molecule has 0 saturated carbocycles. The van der Waals surface area contributed by atoms with Gasteiger partial charge in [0, 0.05) is 25.6 Å². The van der Waals surface area contributed by atoms with Crippen LogP contribution in [-0.4, -0.2) is 43.4 Å². The quantitative estimate of drug-likeness (QED) is 0.318. The molecule has 4 aromatic rings. The second kappa shape index (κ2) is 11.0. The SMILES string of the molecule is O=C(O)CC1c2ccc3c(c2)CN(CC3)C(=O)c2ccc(cc2F)CCCCCCn2nnc3c(Cl)c1ccc32. The van der Waals surface area contributed by atoms with E-state index in [-0.39, 0.29) is 17.9 Å². The highest BCUT2D eigenvalue weighted by atomic mass is 35.5. The highest BCUT2D eigenvalue weighted by Crippen LogP contribution is 2.38. The Hall–Kier alpha value is -3.78. The summed E-state index contributed by atoms with van der Waals surface area (Å²) in [6, 6.07) is 14.7. The molecule has 0 aliphatic carbocycles. The minimum atomic E-state index is -0.945. The first-order valence-corrected chi connectivity index (χ1v) is 14.2. The Bertz CT molecular complexity index is 1620. The van der Waals surface area contributed by atoms with Crippen LogP contribution in [0.5, 0.6) is 0 Å². The molecule has 40 heavy (non-hydrogen) atoms. The van der Waals surface area contributed by atoms with Crippen LogP contribution in [0.1, 0.15) is 76.2 Å². The number of nitrogens with zero attached hydrogens (tertiary/aromatic N) is 4. The maximum absolute atomic E-state index is 15.1. The first-order chi connectivity index (χ1) is 19.4. The zero-order chi connectivity index (χ0) is 27.8. The highest BCUT2D eigenvalue weighted by Gasteiger charge is 2.27. The van der Waals surface area contributed by atoms with Crippen LogP contribution in [0.3, 0.4) is 0 Å². The van der Waals surface area contributed by atoms with Crippen molar-refractivity contribution in [2.75, 3.05) is 6.54 Å². The lowest BCUT2D eigenvalue weighted by Crippen LogP contribution is -2.36. The number of amides is 1. The van der Waals surface area contributed by atoms with E-state index in [9.17, 15) is 14.7 Å². The van der Waals surface area contributed by atoms with Crippen LogP contribution in [0, 0.1) is 5.82 Å². The van der Waals surface area contributed by atoms with Crippen molar-refractivity contribution in [2.24, 2.45) is 0 Å². The number of halogens is 2. The van der Waals surface area contributed by atoms with E-state index in [4.69, 9.17) is 11.6 Å². The molecule has 1 atom stereocenters. The number of carboxylic acid groups (broad SMARTS) is 1. The molecule has 5 aliphatic heterocycles. The van der Waals surface area contributed by atoms with Crippen molar-refractivity contribution in [1.29, 1.82) is 0 Å². The first kappa shape index (κ1) is 26.4. The second-order valence-corrected chi connectivity index (χ2v) is 11.2. The molecule has 0 saturated heterocycles. The molecule has 3 aromatic carbocycles. The van der Waals surface area contributed by atoms with Gasteiger partial charge in [-0.2, -0.15) is 0 Å². The number of rotatable bonds is 2. The third-order valence-corrected chi connectivity index (χ3v) is 8.59. The predicted molar refractivity (Wildman–Crippen MR) is 150 cm³/mol. The Kier molecular flexibility index (Phi) is 7.27. The average molecular weight is 561 g/mol. The number of hydrogen-bond donors (Lipinski definition) is 1. The van der Waals surface area contributed by atoms with E-state index in [1.54, 1.807) is 11.0 Å². The summed E-state index contributed by atoms with van der Waals surface area (Å²) in [6.45, 7) is 1.50. The number of aromatic nitrogens is 3. The lowest BCUT2D eigenvalue weighted by molar-refractivity contribution is -0.137. The van der Waals surface area contributed by atoms with E-state index in [0.29, 0.717) is 42.2 Å². The second-order valence-electron chi connectivity index (χ2n) is 10.8. The maximum atomic E-state index is 15.1. The van der Waals surface area contributed by atoms with Gasteiger partial charge in [0.05, 0.1) is 22.5 Å². The number of benzene rings is 3. The number of aryl methyl sites for hydroxylation is 2. The summed E-state index contributed by atoms with van der Waals surface area (Å²) in [5.74, 6) is -2.28. The van der Waals surface area contributed by atoms with Crippen molar-refractivity contribution < 1.29 is 19.1 Å². The molecule has 1 aromatic heterocycles. The zero-order valence-corrected chi connectivity index (χ0v) is 22.8. The van der Waals surface area contributed by atoms with Gasteiger partial charge in [-0.15, -0.1) is 5.10 Å². The molecule has 0 radical (unpaired) electrons. The van der Waals surface area contributed by atoms with E-state index in [0.717, 1.165) is 59.9 Å². The molecule has 206 valence electrons. The minimum absolute atomic E-state index is 0.0830. The topological polar surface area (TPSA) is 88.3 Å². The highest BCUT2D eigenvalue weighted by molar-refractivity contribution is 6.35. The van der Waals surface area contributed by atoms with Crippen molar-refractivity contribution in [3.63, 3.8) is 0 Å². The molecule has 5 aliphatic rings. The fourth-order valence-electron chi connectivity index (χ4n) is 6.01. The number of carbonyl (C=O) groups excluding carboxylic acids is 1. The molecule has 6 heterocycles. The van der Waals surface area contributed by atoms with Crippen LogP contribution in [0.4, 0.5) is 4.39 Å². The average Bonchev–Trinajstić information content (AvgIpc) is 3.36. The van der Waals surface area contributed by atoms with Gasteiger partial charge in [-0.25, -0.2) is 9.07 Å². The van der Waals surface area contributed by atoms with Gasteiger partial charge in [0.1, 0.15) is 11.3 Å². The van der Waals surface area contributed by atoms with Crippen LogP contribution in [0.15, 0.2) is 48.5 Å². The standard InChI is InChI=1S/C31H30ClFN4O3/c32-29-23-10-11-27-30(29)34-35-37(27)13-4-2-1-3-5-19-6-9-24(26(33)15-19)31(40)36-14-12-20-7-8-21(16-22(20)18-36)25(23)17-28(38)39/h6-11,15-16,25H,1-5,12-14,17-18H2,(H,38,39). The normalized spacial score (nSPS) is 17.9. The van der Waals surface area contributed by atoms with Crippen molar-refractivity contribution in [3.05, 3.63) is 92.8 Å². The van der Waals surface area contributed by atoms with Gasteiger partial charge in [0.2, 0.25) is 0 Å². The lowest BCUT2D eigenvalue weighted by atomic mass is 9.85. The molecule has 9 heteroatoms. The van der Waals surface area contributed by atoms with Gasteiger partial charge in [0.25, 0.3) is 5.91 Å². The number of carbonyl (C=O) groups is 2. The van der Waals surface area contributed by atoms with Crippen LogP contribution in [-0.2, 0) is 30.7 Å². The molecular formula is C31H30ClFN4O3. The van der Waals surface area contributed by atoms with Crippen LogP contribution < -0.4 is 0 Å². The summed E-state index contributed by atoms with van der Waals surface area (Å²) in [6.07, 6.45) is 5.06. The number of aliphatic carboxylic acids is 1. The van der Waals surface area contributed by atoms with Gasteiger partial charge in [-0.1, -0.05) is 60.0 Å². The van der Waals surface area contributed by atoms with Crippen LogP contribution in [0.2, 0.25) is 5.02 Å². The zero-order valence-electron chi connectivity index (χ0n) is 22.1. The summed E-state index contributed by atoms with van der Waals surface area (Å²) in [7, 11) is 0. The van der Waals surface area contributed by atoms with E-state index in [1.165, 1.54) is 6.07 Å². The monoisotopic (exact) mass is 560 g/mol. The van der Waals surface area contributed by atoms with Crippen LogP contribution in [0.25, 0.3) is 11.0 Å². The van der Waals surface area contributed by atoms with Crippen molar-refractivity contribution in [3.8, 4) is 0 Å². The van der Waals surface area contributed by atoms with Crippen LogP contribution >= 0.6 is 11.6 Å². The minimum Gasteiger partial charge on any atom is -0.481 e. The molecule has 1 N–H and O–H groups in total. The Labute approximate surface area is 236 Å². The van der Waals surface area contributed by atoms with Crippen molar-refractivity contribution in [1.82, 2.24) is 19.9 Å². The molecule has 1 amide bonds. The molecule has 0 fully saturated rings. The molecule has 7 nitrogen and oxygen atoms in total. The fraction of sp³-hybridized carbons (Fsp3) is 0.355. The van der Waals surface area contributed by atoms with Gasteiger partial charge in [-0.3, -0.25) is 9.59 Å². The number of carboxylic acids is 1. The van der Waals surface area contributed by atoms with Gasteiger partial charge < -0.3 is 10.0 Å². The fourth-order valence-corrected chi connectivity index (χ4v) is 6.34. The Morgan fingerprint density at radius 2 is 1.85 bits per heavy atom. The van der Waals surface area contributed by atoms with Gasteiger partial charge in [-0.05, 0) is 71.7 Å². The van der Waals surface area contributed by atoms with Gasteiger partial charge >= 0.3 is 5.97 Å². The predicted octanol–water partition coefficient (Wildman–Crippen LogP) is 6.15.